The van der Waals surface area contributed by atoms with Crippen LogP contribution in [0.1, 0.15) is 29.5 Å². The average molecular weight is 506 g/mol. The van der Waals surface area contributed by atoms with Crippen molar-refractivity contribution in [2.24, 2.45) is 5.92 Å². The molecule has 0 spiro atoms. The van der Waals surface area contributed by atoms with Crippen LogP contribution in [0.2, 0.25) is 5.02 Å². The lowest BCUT2D eigenvalue weighted by Crippen LogP contribution is -2.45. The summed E-state index contributed by atoms with van der Waals surface area (Å²) in [6, 6.07) is 15.1. The van der Waals surface area contributed by atoms with E-state index in [-0.39, 0.29) is 24.1 Å². The predicted molar refractivity (Wildman–Crippen MR) is 133 cm³/mol. The minimum atomic E-state index is -3.53. The second kappa shape index (κ2) is 11.6. The Kier molecular flexibility index (Phi) is 8.60. The van der Waals surface area contributed by atoms with E-state index in [9.17, 15) is 13.2 Å². The van der Waals surface area contributed by atoms with Crippen molar-refractivity contribution >= 4 is 27.5 Å². The zero-order valence-electron chi connectivity index (χ0n) is 19.3. The highest BCUT2D eigenvalue weighted by molar-refractivity contribution is 7.88. The number of carbonyl (C=O) groups is 1. The van der Waals surface area contributed by atoms with Crippen molar-refractivity contribution in [2.75, 3.05) is 39.4 Å². The molecule has 2 aromatic rings. The van der Waals surface area contributed by atoms with Crippen LogP contribution in [0.25, 0.3) is 0 Å². The van der Waals surface area contributed by atoms with Gasteiger partial charge in [0.2, 0.25) is 15.9 Å². The average Bonchev–Trinajstić information content (AvgIpc) is 2.83. The van der Waals surface area contributed by atoms with E-state index in [0.717, 1.165) is 38.4 Å². The lowest BCUT2D eigenvalue weighted by Gasteiger charge is -2.31. The van der Waals surface area contributed by atoms with E-state index in [0.29, 0.717) is 36.5 Å². The Morgan fingerprint density at radius 1 is 1.03 bits per heavy atom. The molecule has 0 saturated carbocycles. The molecule has 0 radical (unpaired) electrons. The molecule has 7 nitrogen and oxygen atoms in total. The van der Waals surface area contributed by atoms with Crippen molar-refractivity contribution in [3.05, 3.63) is 70.2 Å². The molecule has 2 saturated heterocycles. The first-order chi connectivity index (χ1) is 16.4. The summed E-state index contributed by atoms with van der Waals surface area (Å²) in [5, 5.41) is 3.53. The van der Waals surface area contributed by atoms with Crippen LogP contribution in [0, 0.1) is 5.92 Å². The zero-order chi connectivity index (χ0) is 24.0. The van der Waals surface area contributed by atoms with Gasteiger partial charge in [-0.05, 0) is 41.7 Å². The summed E-state index contributed by atoms with van der Waals surface area (Å²) < 4.78 is 32.8. The number of nitrogens with one attached hydrogen (secondary N) is 1. The molecule has 2 heterocycles. The van der Waals surface area contributed by atoms with E-state index in [1.807, 2.05) is 12.1 Å². The van der Waals surface area contributed by atoms with Gasteiger partial charge in [-0.2, -0.15) is 0 Å². The van der Waals surface area contributed by atoms with E-state index in [1.165, 1.54) is 9.87 Å². The Hall–Kier alpha value is -1.97. The number of rotatable bonds is 8. The third kappa shape index (κ3) is 7.02. The second-order valence-corrected chi connectivity index (χ2v) is 11.4. The monoisotopic (exact) mass is 505 g/mol. The molecule has 1 amide bonds. The number of carbonyl (C=O) groups excluding carboxylic acids is 1. The molecule has 0 aromatic heterocycles. The topological polar surface area (TPSA) is 79.0 Å². The summed E-state index contributed by atoms with van der Waals surface area (Å²) in [6.45, 7) is 5.35. The van der Waals surface area contributed by atoms with Crippen LogP contribution < -0.4 is 5.32 Å². The number of halogens is 1. The van der Waals surface area contributed by atoms with Crippen LogP contribution in [0.5, 0.6) is 0 Å². The SMILES string of the molecule is O=C(NCc1cccc(CN2CCOCC2)c1)C1CCCN(S(=O)(=O)Cc2cccc(Cl)c2)C1. The first-order valence-electron chi connectivity index (χ1n) is 11.8. The molecule has 2 aliphatic rings. The number of hydrogen-bond acceptors (Lipinski definition) is 5. The molecular formula is C25H32ClN3O4S. The maximum absolute atomic E-state index is 13.0. The molecule has 1 unspecified atom stereocenters. The number of amides is 1. The van der Waals surface area contributed by atoms with Gasteiger partial charge in [0.15, 0.2) is 0 Å². The predicted octanol–water partition coefficient (Wildman–Crippen LogP) is 3.03. The summed E-state index contributed by atoms with van der Waals surface area (Å²) in [5.41, 5.74) is 2.90. The molecule has 0 bridgehead atoms. The zero-order valence-corrected chi connectivity index (χ0v) is 20.9. The Morgan fingerprint density at radius 2 is 1.76 bits per heavy atom. The van der Waals surface area contributed by atoms with Crippen LogP contribution in [-0.2, 0) is 38.4 Å². The first-order valence-corrected chi connectivity index (χ1v) is 13.8. The smallest absolute Gasteiger partial charge is 0.224 e. The van der Waals surface area contributed by atoms with Gasteiger partial charge in [0.25, 0.3) is 0 Å². The van der Waals surface area contributed by atoms with Gasteiger partial charge in [-0.1, -0.05) is 48.0 Å². The fourth-order valence-corrected chi connectivity index (χ4v) is 6.34. The van der Waals surface area contributed by atoms with Gasteiger partial charge in [0.05, 0.1) is 24.9 Å². The lowest BCUT2D eigenvalue weighted by molar-refractivity contribution is -0.126. The molecular weight excluding hydrogens is 474 g/mol. The molecule has 4 rings (SSSR count). The molecule has 1 N–H and O–H groups in total. The standard InChI is InChI=1S/C25H32ClN3O4S/c26-24-8-2-6-22(15-24)19-34(31,32)29-9-3-7-23(18-29)25(30)27-16-20-4-1-5-21(14-20)17-28-10-12-33-13-11-28/h1-2,4-6,8,14-15,23H,3,7,9-13,16-19H2,(H,27,30). The molecule has 2 fully saturated rings. The third-order valence-corrected chi connectivity index (χ3v) is 8.41. The summed E-state index contributed by atoms with van der Waals surface area (Å²) >= 11 is 6.00. The Balaban J connectivity index is 1.30. The maximum Gasteiger partial charge on any atom is 0.224 e. The number of ether oxygens (including phenoxy) is 1. The summed E-state index contributed by atoms with van der Waals surface area (Å²) in [5.74, 6) is -0.557. The highest BCUT2D eigenvalue weighted by atomic mass is 35.5. The molecule has 0 aliphatic carbocycles. The van der Waals surface area contributed by atoms with Crippen LogP contribution >= 0.6 is 11.6 Å². The van der Waals surface area contributed by atoms with Crippen LogP contribution in [0.15, 0.2) is 48.5 Å². The van der Waals surface area contributed by atoms with Crippen molar-refractivity contribution in [2.45, 2.75) is 31.7 Å². The maximum atomic E-state index is 13.0. The quantitative estimate of drug-likeness (QED) is 0.596. The highest BCUT2D eigenvalue weighted by Gasteiger charge is 2.32. The first kappa shape index (κ1) is 25.1. The number of morpholine rings is 1. The number of benzene rings is 2. The van der Waals surface area contributed by atoms with Crippen molar-refractivity contribution in [1.29, 1.82) is 0 Å². The minimum Gasteiger partial charge on any atom is -0.379 e. The number of sulfonamides is 1. The van der Waals surface area contributed by atoms with Gasteiger partial charge in [-0.3, -0.25) is 9.69 Å². The summed E-state index contributed by atoms with van der Waals surface area (Å²) in [7, 11) is -3.53. The Morgan fingerprint density at radius 3 is 2.56 bits per heavy atom. The largest absolute Gasteiger partial charge is 0.379 e. The normalized spacial score (nSPS) is 20.2. The number of piperidine rings is 1. The number of nitrogens with zero attached hydrogens (tertiary/aromatic N) is 2. The fourth-order valence-electron chi connectivity index (χ4n) is 4.53. The Bertz CT molecular complexity index is 1090. The van der Waals surface area contributed by atoms with Crippen molar-refractivity contribution < 1.29 is 17.9 Å². The van der Waals surface area contributed by atoms with E-state index in [2.05, 4.69) is 22.3 Å². The summed E-state index contributed by atoms with van der Waals surface area (Å²) in [6.07, 6.45) is 1.36. The molecule has 1 atom stereocenters. The number of hydrogen-bond donors (Lipinski definition) is 1. The van der Waals surface area contributed by atoms with Crippen LogP contribution in [-0.4, -0.2) is 62.9 Å². The van der Waals surface area contributed by atoms with Gasteiger partial charge in [0.1, 0.15) is 0 Å². The van der Waals surface area contributed by atoms with E-state index in [1.54, 1.807) is 24.3 Å². The minimum absolute atomic E-state index is 0.0961. The molecule has 9 heteroatoms. The highest BCUT2D eigenvalue weighted by Crippen LogP contribution is 2.23. The van der Waals surface area contributed by atoms with E-state index < -0.39 is 10.0 Å². The van der Waals surface area contributed by atoms with Gasteiger partial charge >= 0.3 is 0 Å². The third-order valence-electron chi connectivity index (χ3n) is 6.35. The molecule has 2 aromatic carbocycles. The van der Waals surface area contributed by atoms with Crippen molar-refractivity contribution in [3.63, 3.8) is 0 Å². The lowest BCUT2D eigenvalue weighted by atomic mass is 9.98. The Labute approximate surface area is 207 Å². The van der Waals surface area contributed by atoms with Crippen molar-refractivity contribution in [3.8, 4) is 0 Å². The molecule has 2 aliphatic heterocycles. The fraction of sp³-hybridized carbons (Fsp3) is 0.480. The van der Waals surface area contributed by atoms with Gasteiger partial charge in [-0.15, -0.1) is 0 Å². The van der Waals surface area contributed by atoms with E-state index in [4.69, 9.17) is 16.3 Å². The van der Waals surface area contributed by atoms with Crippen molar-refractivity contribution in [1.82, 2.24) is 14.5 Å². The van der Waals surface area contributed by atoms with E-state index >= 15 is 0 Å². The van der Waals surface area contributed by atoms with Gasteiger partial charge < -0.3 is 10.1 Å². The van der Waals surface area contributed by atoms with Crippen LogP contribution in [0.4, 0.5) is 0 Å². The molecule has 34 heavy (non-hydrogen) atoms. The van der Waals surface area contributed by atoms with Gasteiger partial charge in [-0.25, -0.2) is 12.7 Å². The van der Waals surface area contributed by atoms with Crippen LogP contribution in [0.3, 0.4) is 0 Å². The summed E-state index contributed by atoms with van der Waals surface area (Å²) in [4.78, 5) is 15.2. The van der Waals surface area contributed by atoms with Gasteiger partial charge in [0, 0.05) is 44.3 Å². The second-order valence-electron chi connectivity index (χ2n) is 9.01. The molecule has 184 valence electrons.